The summed E-state index contributed by atoms with van der Waals surface area (Å²) < 4.78 is 0. The molecule has 11 heteroatoms. The molecule has 0 aromatic heterocycles. The molecule has 0 aromatic rings. The Morgan fingerprint density at radius 1 is 0.923 bits per heavy atom. The predicted octanol–water partition coefficient (Wildman–Crippen LogP) is -0.860. The van der Waals surface area contributed by atoms with E-state index in [1.165, 1.54) is 11.8 Å². The number of aliphatic carboxylic acids is 1. The van der Waals surface area contributed by atoms with Gasteiger partial charge in [0.25, 0.3) is 0 Å². The van der Waals surface area contributed by atoms with Crippen molar-refractivity contribution >= 4 is 47.2 Å². The minimum Gasteiger partial charge on any atom is -0.480 e. The molecule has 0 spiro atoms. The van der Waals surface area contributed by atoms with Gasteiger partial charge in [0.1, 0.15) is 12.1 Å². The first-order valence-electron chi connectivity index (χ1n) is 8.08. The average Bonchev–Trinajstić information content (AvgIpc) is 2.58. The molecule has 0 aliphatic heterocycles. The fourth-order valence-corrected chi connectivity index (χ4v) is 2.94. The van der Waals surface area contributed by atoms with Crippen molar-refractivity contribution < 1.29 is 24.3 Å². The second kappa shape index (κ2) is 13.7. The zero-order valence-electron chi connectivity index (χ0n) is 15.0. The van der Waals surface area contributed by atoms with Gasteiger partial charge in [0.2, 0.25) is 17.7 Å². The summed E-state index contributed by atoms with van der Waals surface area (Å²) in [5.41, 5.74) is 10.8. The number of carbonyl (C=O) groups excluding carboxylic acids is 3. The van der Waals surface area contributed by atoms with Gasteiger partial charge in [0, 0.05) is 6.42 Å². The Morgan fingerprint density at radius 3 is 1.96 bits per heavy atom. The number of thioether (sulfide) groups is 2. The molecular weight excluding hydrogens is 380 g/mol. The number of carboxylic acids is 1. The second-order valence-electron chi connectivity index (χ2n) is 5.64. The third kappa shape index (κ3) is 10.5. The van der Waals surface area contributed by atoms with E-state index in [0.29, 0.717) is 24.3 Å². The zero-order chi connectivity index (χ0) is 20.1. The molecule has 0 saturated carbocycles. The van der Waals surface area contributed by atoms with Crippen molar-refractivity contribution in [2.75, 3.05) is 24.0 Å². The average molecular weight is 409 g/mol. The van der Waals surface area contributed by atoms with E-state index in [0.717, 1.165) is 0 Å². The minimum absolute atomic E-state index is 0.118. The molecule has 0 heterocycles. The van der Waals surface area contributed by atoms with E-state index < -0.39 is 41.8 Å². The molecule has 0 fully saturated rings. The quantitative estimate of drug-likeness (QED) is 0.248. The van der Waals surface area contributed by atoms with Crippen LogP contribution < -0.4 is 22.1 Å². The van der Waals surface area contributed by atoms with E-state index in [2.05, 4.69) is 10.6 Å². The molecule has 0 rings (SSSR count). The summed E-state index contributed by atoms with van der Waals surface area (Å²) in [4.78, 5) is 46.7. The molecule has 0 aromatic carbocycles. The van der Waals surface area contributed by atoms with Crippen molar-refractivity contribution in [3.63, 3.8) is 0 Å². The first kappa shape index (κ1) is 24.5. The lowest BCUT2D eigenvalue weighted by molar-refractivity contribution is -0.142. The highest BCUT2D eigenvalue weighted by atomic mass is 32.2. The molecule has 9 nitrogen and oxygen atoms in total. The first-order valence-corrected chi connectivity index (χ1v) is 10.9. The van der Waals surface area contributed by atoms with Crippen molar-refractivity contribution in [3.05, 3.63) is 0 Å². The number of amides is 3. The largest absolute Gasteiger partial charge is 0.480 e. The van der Waals surface area contributed by atoms with Crippen LogP contribution in [-0.4, -0.2) is 70.9 Å². The number of hydrogen-bond donors (Lipinski definition) is 5. The van der Waals surface area contributed by atoms with Crippen molar-refractivity contribution in [2.45, 2.75) is 43.8 Å². The van der Waals surface area contributed by atoms with Crippen LogP contribution in [0.15, 0.2) is 0 Å². The van der Waals surface area contributed by atoms with Crippen LogP contribution in [0.5, 0.6) is 0 Å². The van der Waals surface area contributed by atoms with Gasteiger partial charge >= 0.3 is 5.97 Å². The Labute approximate surface area is 161 Å². The van der Waals surface area contributed by atoms with Gasteiger partial charge in [-0.3, -0.25) is 14.4 Å². The standard InChI is InChI=1S/C15H28N4O5S2/c1-25-7-5-9(16)13(21)18-10(6-8-26-2)14(22)19-11(15(23)24)3-4-12(17)20/h9-11H,3-8,16H2,1-2H3,(H2,17,20)(H,18,21)(H,19,22)(H,23,24)/t9-,10-,11-/m0/s1. The Balaban J connectivity index is 4.90. The summed E-state index contributed by atoms with van der Waals surface area (Å²) >= 11 is 3.05. The van der Waals surface area contributed by atoms with Crippen LogP contribution in [0.2, 0.25) is 0 Å². The van der Waals surface area contributed by atoms with Gasteiger partial charge < -0.3 is 27.2 Å². The first-order chi connectivity index (χ1) is 12.2. The van der Waals surface area contributed by atoms with Crippen LogP contribution in [0, 0.1) is 0 Å². The topological polar surface area (TPSA) is 165 Å². The smallest absolute Gasteiger partial charge is 0.326 e. The summed E-state index contributed by atoms with van der Waals surface area (Å²) in [6.07, 6.45) is 4.27. The molecule has 0 radical (unpaired) electrons. The number of rotatable bonds is 14. The van der Waals surface area contributed by atoms with Crippen LogP contribution in [0.4, 0.5) is 0 Å². The molecule has 0 aliphatic rings. The fraction of sp³-hybridized carbons (Fsp3) is 0.733. The maximum Gasteiger partial charge on any atom is 0.326 e. The monoisotopic (exact) mass is 408 g/mol. The van der Waals surface area contributed by atoms with Crippen LogP contribution in [0.25, 0.3) is 0 Å². The van der Waals surface area contributed by atoms with Crippen LogP contribution >= 0.6 is 23.5 Å². The summed E-state index contributed by atoms with van der Waals surface area (Å²) in [6.45, 7) is 0. The number of hydrogen-bond acceptors (Lipinski definition) is 7. The number of primary amides is 1. The number of nitrogens with one attached hydrogen (secondary N) is 2. The summed E-state index contributed by atoms with van der Waals surface area (Å²) in [5.74, 6) is -1.70. The van der Waals surface area contributed by atoms with Crippen molar-refractivity contribution in [1.82, 2.24) is 10.6 Å². The minimum atomic E-state index is -1.27. The highest BCUT2D eigenvalue weighted by Crippen LogP contribution is 2.05. The van der Waals surface area contributed by atoms with E-state index in [-0.39, 0.29) is 12.8 Å². The molecule has 3 atom stereocenters. The van der Waals surface area contributed by atoms with E-state index in [4.69, 9.17) is 11.5 Å². The Hall–Kier alpha value is -1.46. The summed E-state index contributed by atoms with van der Waals surface area (Å²) in [6, 6.07) is -2.89. The second-order valence-corrected chi connectivity index (χ2v) is 7.61. The Bertz CT molecular complexity index is 493. The predicted molar refractivity (Wildman–Crippen MR) is 104 cm³/mol. The fourth-order valence-electron chi connectivity index (χ4n) is 1.98. The van der Waals surface area contributed by atoms with Gasteiger partial charge in [-0.2, -0.15) is 23.5 Å². The van der Waals surface area contributed by atoms with Crippen molar-refractivity contribution in [1.29, 1.82) is 0 Å². The van der Waals surface area contributed by atoms with Crippen LogP contribution in [-0.2, 0) is 19.2 Å². The lowest BCUT2D eigenvalue weighted by atomic mass is 10.1. The highest BCUT2D eigenvalue weighted by Gasteiger charge is 2.27. The highest BCUT2D eigenvalue weighted by molar-refractivity contribution is 7.98. The van der Waals surface area contributed by atoms with E-state index in [1.807, 2.05) is 12.5 Å². The summed E-state index contributed by atoms with van der Waals surface area (Å²) in [7, 11) is 0. The lowest BCUT2D eigenvalue weighted by Gasteiger charge is -2.22. The van der Waals surface area contributed by atoms with E-state index in [1.54, 1.807) is 11.8 Å². The van der Waals surface area contributed by atoms with E-state index in [9.17, 15) is 24.3 Å². The molecule has 150 valence electrons. The molecular formula is C15H28N4O5S2. The molecule has 0 bridgehead atoms. The molecule has 7 N–H and O–H groups in total. The zero-order valence-corrected chi connectivity index (χ0v) is 16.7. The van der Waals surface area contributed by atoms with Gasteiger partial charge in [-0.15, -0.1) is 0 Å². The van der Waals surface area contributed by atoms with Crippen molar-refractivity contribution in [2.24, 2.45) is 11.5 Å². The molecule has 0 saturated heterocycles. The molecule has 0 unspecified atom stereocenters. The van der Waals surface area contributed by atoms with Gasteiger partial charge in [0.15, 0.2) is 0 Å². The SMILES string of the molecule is CSCC[C@H](NC(=O)[C@@H](N)CCSC)C(=O)N[C@@H](CCC(N)=O)C(=O)O. The van der Waals surface area contributed by atoms with E-state index >= 15 is 0 Å². The number of nitrogens with two attached hydrogens (primary N) is 2. The maximum absolute atomic E-state index is 12.4. The molecule has 3 amide bonds. The Kier molecular flexibility index (Phi) is 12.9. The van der Waals surface area contributed by atoms with Crippen LogP contribution in [0.1, 0.15) is 25.7 Å². The molecule has 26 heavy (non-hydrogen) atoms. The molecule has 0 aliphatic carbocycles. The van der Waals surface area contributed by atoms with Gasteiger partial charge in [-0.25, -0.2) is 4.79 Å². The summed E-state index contributed by atoms with van der Waals surface area (Å²) in [5, 5.41) is 14.1. The number of carbonyl (C=O) groups is 4. The van der Waals surface area contributed by atoms with Crippen molar-refractivity contribution in [3.8, 4) is 0 Å². The number of carboxylic acid groups (broad SMARTS) is 1. The normalized spacial score (nSPS) is 14.1. The Morgan fingerprint density at radius 2 is 1.46 bits per heavy atom. The third-order valence-electron chi connectivity index (χ3n) is 3.51. The van der Waals surface area contributed by atoms with Gasteiger partial charge in [-0.05, 0) is 43.3 Å². The third-order valence-corrected chi connectivity index (χ3v) is 4.80. The van der Waals surface area contributed by atoms with Crippen LogP contribution in [0.3, 0.4) is 0 Å². The lowest BCUT2D eigenvalue weighted by Crippen LogP contribution is -2.54. The van der Waals surface area contributed by atoms with Gasteiger partial charge in [0.05, 0.1) is 6.04 Å². The maximum atomic E-state index is 12.4. The van der Waals surface area contributed by atoms with Gasteiger partial charge in [-0.1, -0.05) is 0 Å².